The summed E-state index contributed by atoms with van der Waals surface area (Å²) in [6.07, 6.45) is 10.8. The standard InChI is InChI=1S/C32H25N5S.C25H21BrN4.C8H7BO2S/c33-32(16-6-17-32)22-14-12-20(13-15-22)29-28(27-19-21-7-1-4-11-26(21)38-27)36-31-23-8-2-3-9-24(23)35-30-25(37(29)31)10-5-18-34-30;1-25(13-5-14-25)17-11-9-16(10-12-17)21-22(26)29-24-18-6-2-3-7-19(18)28-23-20(30(21)24)8-4-15-27-23;10-9(11)8-5-6-3-1-2-4-7(6)12-8/h1-5,7-15,18-19H,6,16-17,33H2,(H,34,35);2-4,6-12,15H,5,13-14H2,1H3,(H,27,28);1-5,10-11H. The number of fused-ring (bicyclic) bond motifs is 12. The van der Waals surface area contributed by atoms with Crippen LogP contribution in [0.3, 0.4) is 0 Å². The third kappa shape index (κ3) is 8.85. The van der Waals surface area contributed by atoms with Crippen molar-refractivity contribution in [1.82, 2.24) is 29.1 Å². The van der Waals surface area contributed by atoms with Crippen molar-refractivity contribution in [2.75, 3.05) is 10.6 Å². The second-order valence-electron chi connectivity index (χ2n) is 21.2. The molecule has 0 atom stereocenters. The number of thiophene rings is 2. The fourth-order valence-electron chi connectivity index (χ4n) is 11.6. The molecule has 0 spiro atoms. The number of nitrogens with two attached hydrogens (primary N) is 1. The third-order valence-corrected chi connectivity index (χ3v) is 19.1. The number of nitrogens with one attached hydrogen (secondary N) is 2. The normalized spacial score (nSPS) is 14.7. The van der Waals surface area contributed by atoms with Crippen molar-refractivity contribution in [3.63, 3.8) is 0 Å². The molecule has 2 aliphatic carbocycles. The minimum absolute atomic E-state index is 0.194. The Bertz CT molecular complexity index is 4250. The van der Waals surface area contributed by atoms with Gasteiger partial charge in [-0.3, -0.25) is 9.13 Å². The van der Waals surface area contributed by atoms with E-state index in [1.807, 2.05) is 67.0 Å². The first-order chi connectivity index (χ1) is 39.1. The van der Waals surface area contributed by atoms with Gasteiger partial charge in [-0.1, -0.05) is 123 Å². The first kappa shape index (κ1) is 50.2. The monoisotopic (exact) mass is 1150 g/mol. The number of rotatable bonds is 6. The van der Waals surface area contributed by atoms with Gasteiger partial charge in [0.1, 0.15) is 21.9 Å². The van der Waals surface area contributed by atoms with Crippen molar-refractivity contribution >= 4 is 93.7 Å². The first-order valence-corrected chi connectivity index (χ1v) is 29.4. The average molecular weight is 1150 g/mol. The number of imidazole rings is 2. The number of hydrogen-bond acceptors (Lipinski definition) is 11. The largest absolute Gasteiger partial charge is 0.499 e. The molecule has 0 saturated heterocycles. The molecule has 2 fully saturated rings. The number of nitrogens with zero attached hydrogens (tertiary/aromatic N) is 6. The molecule has 392 valence electrons. The summed E-state index contributed by atoms with van der Waals surface area (Å²) in [6, 6.07) is 63.0. The Morgan fingerprint density at radius 1 is 0.562 bits per heavy atom. The third-order valence-electron chi connectivity index (χ3n) is 16.3. The lowest BCUT2D eigenvalue weighted by Crippen LogP contribution is -2.43. The van der Waals surface area contributed by atoms with Crippen molar-refractivity contribution in [3.05, 3.63) is 210 Å². The number of anilines is 4. The van der Waals surface area contributed by atoms with E-state index in [0.717, 1.165) is 118 Å². The number of halogens is 1. The van der Waals surface area contributed by atoms with Gasteiger partial charge in [-0.25, -0.2) is 19.9 Å². The Balaban J connectivity index is 0.000000122. The van der Waals surface area contributed by atoms with Crippen LogP contribution in [0.1, 0.15) is 56.6 Å². The van der Waals surface area contributed by atoms with Gasteiger partial charge in [0.05, 0.1) is 39.0 Å². The molecule has 11 nitrogen and oxygen atoms in total. The van der Waals surface area contributed by atoms with E-state index >= 15 is 0 Å². The van der Waals surface area contributed by atoms with Crippen molar-refractivity contribution in [2.24, 2.45) is 5.73 Å². The molecule has 8 heterocycles. The van der Waals surface area contributed by atoms with Gasteiger partial charge in [-0.05, 0) is 148 Å². The smallest absolute Gasteiger partial charge is 0.423 e. The lowest BCUT2D eigenvalue weighted by Gasteiger charge is -2.39. The molecule has 80 heavy (non-hydrogen) atoms. The zero-order valence-electron chi connectivity index (χ0n) is 43.6. The van der Waals surface area contributed by atoms with Crippen LogP contribution in [-0.2, 0) is 11.0 Å². The van der Waals surface area contributed by atoms with E-state index in [1.165, 1.54) is 58.2 Å². The summed E-state index contributed by atoms with van der Waals surface area (Å²) in [6.45, 7) is 2.37. The van der Waals surface area contributed by atoms with E-state index < -0.39 is 7.12 Å². The van der Waals surface area contributed by atoms with Crippen LogP contribution < -0.4 is 21.1 Å². The van der Waals surface area contributed by atoms with Crippen LogP contribution in [0.5, 0.6) is 0 Å². The predicted octanol–water partition coefficient (Wildman–Crippen LogP) is 15.3. The molecule has 0 radical (unpaired) electrons. The highest BCUT2D eigenvalue weighted by Crippen LogP contribution is 2.49. The molecule has 4 aliphatic rings. The number of pyridine rings is 2. The zero-order chi connectivity index (χ0) is 54.1. The topological polar surface area (TPSA) is 152 Å². The second-order valence-corrected chi connectivity index (χ2v) is 24.2. The summed E-state index contributed by atoms with van der Waals surface area (Å²) in [5, 5.41) is 27.1. The van der Waals surface area contributed by atoms with Gasteiger partial charge in [0.25, 0.3) is 0 Å². The molecule has 6 aromatic heterocycles. The fourth-order valence-corrected chi connectivity index (χ4v) is 14.1. The van der Waals surface area contributed by atoms with Crippen molar-refractivity contribution in [2.45, 2.75) is 56.4 Å². The maximum Gasteiger partial charge on any atom is 0.499 e. The van der Waals surface area contributed by atoms with Gasteiger partial charge in [-0.15, -0.1) is 22.7 Å². The van der Waals surface area contributed by atoms with Gasteiger partial charge in [0.2, 0.25) is 0 Å². The molecular weight excluding hydrogens is 1090 g/mol. The number of aromatic nitrogens is 6. The van der Waals surface area contributed by atoms with E-state index in [2.05, 4.69) is 169 Å². The molecule has 6 aromatic carbocycles. The molecule has 2 saturated carbocycles. The minimum Gasteiger partial charge on any atom is -0.423 e. The highest BCUT2D eigenvalue weighted by molar-refractivity contribution is 9.10. The molecule has 0 bridgehead atoms. The molecule has 6 N–H and O–H groups in total. The summed E-state index contributed by atoms with van der Waals surface area (Å²) >= 11 is 6.94. The summed E-state index contributed by atoms with van der Waals surface area (Å²) in [5.41, 5.74) is 20.9. The van der Waals surface area contributed by atoms with Gasteiger partial charge >= 0.3 is 7.12 Å². The average Bonchev–Trinajstić information content (AvgIpc) is 4.36. The highest BCUT2D eigenvalue weighted by Gasteiger charge is 2.36. The van der Waals surface area contributed by atoms with Gasteiger partial charge < -0.3 is 26.4 Å². The summed E-state index contributed by atoms with van der Waals surface area (Å²) in [5.74, 6) is 3.45. The molecule has 16 rings (SSSR count). The Morgan fingerprint density at radius 3 is 1.62 bits per heavy atom. The van der Waals surface area contributed by atoms with Crippen LogP contribution in [0.15, 0.2) is 199 Å². The number of hydrogen-bond donors (Lipinski definition) is 5. The molecular formula is C65H53BBrN9O2S2. The Morgan fingerprint density at radius 2 is 1.07 bits per heavy atom. The zero-order valence-corrected chi connectivity index (χ0v) is 46.9. The lowest BCUT2D eigenvalue weighted by atomic mass is 9.66. The Hall–Kier alpha value is -8.02. The summed E-state index contributed by atoms with van der Waals surface area (Å²) in [4.78, 5) is 20.8. The molecule has 0 unspecified atom stereocenters. The van der Waals surface area contributed by atoms with Gasteiger partial charge in [0.15, 0.2) is 11.6 Å². The lowest BCUT2D eigenvalue weighted by molar-refractivity contribution is 0.253. The van der Waals surface area contributed by atoms with Crippen LogP contribution in [-0.4, -0.2) is 46.2 Å². The van der Waals surface area contributed by atoms with Crippen molar-refractivity contribution in [3.8, 4) is 67.2 Å². The SMILES string of the molecule is CC1(c2ccc(-c3c(Br)nc4n3-c3cccnc3Nc3ccccc3-4)cc2)CCC1.NC1(c2ccc(-c3c(-c4cc5ccccc5s4)nc4n3-c3cccnc3Nc3ccccc3-4)cc2)CCC1.OB(O)c1cc2ccccc2s1. The second kappa shape index (κ2) is 20.3. The highest BCUT2D eigenvalue weighted by atomic mass is 79.9. The number of benzene rings is 6. The first-order valence-electron chi connectivity index (χ1n) is 27.0. The number of para-hydroxylation sites is 2. The van der Waals surface area contributed by atoms with Crippen molar-refractivity contribution in [1.29, 1.82) is 0 Å². The molecule has 0 amide bonds. The van der Waals surface area contributed by atoms with E-state index in [1.54, 1.807) is 17.4 Å². The quantitative estimate of drug-likeness (QED) is 0.102. The van der Waals surface area contributed by atoms with Crippen LogP contribution in [0.4, 0.5) is 23.0 Å². The minimum atomic E-state index is -1.35. The van der Waals surface area contributed by atoms with Crippen molar-refractivity contribution < 1.29 is 10.0 Å². The molecule has 15 heteroatoms. The maximum atomic E-state index is 8.89. The van der Waals surface area contributed by atoms with E-state index in [9.17, 15) is 0 Å². The fraction of sp³-hybridized carbons (Fsp3) is 0.138. The van der Waals surface area contributed by atoms with E-state index in [4.69, 9.17) is 30.7 Å². The maximum absolute atomic E-state index is 8.89. The van der Waals surface area contributed by atoms with Crippen LogP contribution in [0.25, 0.3) is 87.4 Å². The molecule has 12 aromatic rings. The van der Waals surface area contributed by atoms with Gasteiger partial charge in [0, 0.05) is 54.4 Å². The van der Waals surface area contributed by atoms with E-state index in [-0.39, 0.29) is 5.54 Å². The van der Waals surface area contributed by atoms with Gasteiger partial charge in [-0.2, -0.15) is 0 Å². The predicted molar refractivity (Wildman–Crippen MR) is 332 cm³/mol. The van der Waals surface area contributed by atoms with Crippen LogP contribution in [0, 0.1) is 0 Å². The Labute approximate surface area is 479 Å². The summed E-state index contributed by atoms with van der Waals surface area (Å²) in [7, 11) is -1.35. The summed E-state index contributed by atoms with van der Waals surface area (Å²) < 4.78 is 8.26. The van der Waals surface area contributed by atoms with E-state index in [0.29, 0.717) is 10.2 Å². The van der Waals surface area contributed by atoms with Crippen LogP contribution >= 0.6 is 38.6 Å². The Kier molecular flexibility index (Phi) is 12.7. The molecule has 2 aliphatic heterocycles. The van der Waals surface area contributed by atoms with Crippen LogP contribution in [0.2, 0.25) is 0 Å².